The third-order valence-corrected chi connectivity index (χ3v) is 3.44. The third kappa shape index (κ3) is 2.21. The second kappa shape index (κ2) is 3.95. The van der Waals surface area contributed by atoms with Gasteiger partial charge >= 0.3 is 0 Å². The van der Waals surface area contributed by atoms with Gasteiger partial charge < -0.3 is 10.4 Å². The van der Waals surface area contributed by atoms with Crippen LogP contribution in [0, 0.1) is 13.8 Å². The van der Waals surface area contributed by atoms with E-state index in [0.29, 0.717) is 0 Å². The first-order chi connectivity index (χ1) is 7.17. The fourth-order valence-electron chi connectivity index (χ4n) is 1.95. The van der Waals surface area contributed by atoms with Gasteiger partial charge in [-0.2, -0.15) is 0 Å². The summed E-state index contributed by atoms with van der Waals surface area (Å²) in [4.78, 5) is 0. The van der Waals surface area contributed by atoms with E-state index in [1.807, 2.05) is 0 Å². The molecule has 0 spiro atoms. The van der Waals surface area contributed by atoms with E-state index in [4.69, 9.17) is 0 Å². The van der Waals surface area contributed by atoms with E-state index in [0.717, 1.165) is 19.4 Å². The lowest BCUT2D eigenvalue weighted by Crippen LogP contribution is -2.34. The predicted octanol–water partition coefficient (Wildman–Crippen LogP) is 1.92. The molecule has 82 valence electrons. The van der Waals surface area contributed by atoms with Crippen LogP contribution >= 0.6 is 0 Å². The van der Waals surface area contributed by atoms with E-state index in [-0.39, 0.29) is 12.1 Å². The number of hydrogen-bond donors (Lipinski definition) is 2. The van der Waals surface area contributed by atoms with Crippen LogP contribution < -0.4 is 5.32 Å². The molecule has 2 nitrogen and oxygen atoms in total. The zero-order chi connectivity index (χ0) is 10.9. The Labute approximate surface area is 91.3 Å². The lowest BCUT2D eigenvalue weighted by Gasteiger charge is -2.16. The van der Waals surface area contributed by atoms with Crippen LogP contribution in [0.2, 0.25) is 0 Å². The van der Waals surface area contributed by atoms with Crippen molar-refractivity contribution in [3.05, 3.63) is 34.9 Å². The Hall–Kier alpha value is -0.860. The minimum Gasteiger partial charge on any atom is -0.394 e. The van der Waals surface area contributed by atoms with Crippen LogP contribution in [0.25, 0.3) is 0 Å². The number of aryl methyl sites for hydroxylation is 2. The molecular formula is C13H19NO. The Morgan fingerprint density at radius 3 is 2.33 bits per heavy atom. The van der Waals surface area contributed by atoms with Crippen molar-refractivity contribution >= 4 is 0 Å². The van der Waals surface area contributed by atoms with Crippen molar-refractivity contribution in [3.63, 3.8) is 0 Å². The minimum absolute atomic E-state index is 0.0364. The summed E-state index contributed by atoms with van der Waals surface area (Å²) in [5, 5.41) is 12.7. The second-order valence-corrected chi connectivity index (χ2v) is 4.66. The Morgan fingerprint density at radius 2 is 1.87 bits per heavy atom. The first-order valence-electron chi connectivity index (χ1n) is 5.58. The molecule has 0 aliphatic heterocycles. The molecule has 1 fully saturated rings. The number of aliphatic hydroxyl groups is 1. The van der Waals surface area contributed by atoms with Gasteiger partial charge in [-0.05, 0) is 43.4 Å². The number of benzene rings is 1. The molecule has 1 aromatic rings. The SMILES string of the molecule is Cc1cccc(C)c1CNC1(CO)CC1. The molecule has 0 atom stereocenters. The summed E-state index contributed by atoms with van der Waals surface area (Å²) in [5.74, 6) is 0. The smallest absolute Gasteiger partial charge is 0.0613 e. The zero-order valence-corrected chi connectivity index (χ0v) is 9.51. The molecule has 1 saturated carbocycles. The third-order valence-electron chi connectivity index (χ3n) is 3.44. The average Bonchev–Trinajstić information content (AvgIpc) is 2.98. The maximum Gasteiger partial charge on any atom is 0.0613 e. The van der Waals surface area contributed by atoms with Crippen molar-refractivity contribution in [3.8, 4) is 0 Å². The maximum atomic E-state index is 9.21. The summed E-state index contributed by atoms with van der Waals surface area (Å²) in [6.45, 7) is 5.42. The summed E-state index contributed by atoms with van der Waals surface area (Å²) in [7, 11) is 0. The monoisotopic (exact) mass is 205 g/mol. The van der Waals surface area contributed by atoms with Gasteiger partial charge in [0.25, 0.3) is 0 Å². The normalized spacial score (nSPS) is 17.8. The molecule has 2 rings (SSSR count). The predicted molar refractivity (Wildman–Crippen MR) is 61.8 cm³/mol. The number of aliphatic hydroxyl groups excluding tert-OH is 1. The van der Waals surface area contributed by atoms with Gasteiger partial charge in [0.05, 0.1) is 6.61 Å². The van der Waals surface area contributed by atoms with Gasteiger partial charge in [0.1, 0.15) is 0 Å². The lowest BCUT2D eigenvalue weighted by molar-refractivity contribution is 0.229. The molecule has 0 aromatic heterocycles. The fourth-order valence-corrected chi connectivity index (χ4v) is 1.95. The molecule has 0 amide bonds. The van der Waals surface area contributed by atoms with Gasteiger partial charge in [0.15, 0.2) is 0 Å². The second-order valence-electron chi connectivity index (χ2n) is 4.66. The highest BCUT2D eigenvalue weighted by Crippen LogP contribution is 2.35. The van der Waals surface area contributed by atoms with Crippen LogP contribution in [0.15, 0.2) is 18.2 Å². The fraction of sp³-hybridized carbons (Fsp3) is 0.538. The van der Waals surface area contributed by atoms with Crippen molar-refractivity contribution in [2.75, 3.05) is 6.61 Å². The number of rotatable bonds is 4. The average molecular weight is 205 g/mol. The molecule has 1 aliphatic rings. The van der Waals surface area contributed by atoms with Crippen LogP contribution in [0.4, 0.5) is 0 Å². The summed E-state index contributed by atoms with van der Waals surface area (Å²) in [6.07, 6.45) is 2.21. The van der Waals surface area contributed by atoms with Crippen molar-refractivity contribution in [1.29, 1.82) is 0 Å². The lowest BCUT2D eigenvalue weighted by atomic mass is 10.0. The van der Waals surface area contributed by atoms with E-state index < -0.39 is 0 Å². The molecule has 2 N–H and O–H groups in total. The minimum atomic E-state index is 0.0364. The first-order valence-corrected chi connectivity index (χ1v) is 5.58. The Bertz CT molecular complexity index is 335. The van der Waals surface area contributed by atoms with E-state index >= 15 is 0 Å². The number of nitrogens with one attached hydrogen (secondary N) is 1. The van der Waals surface area contributed by atoms with Crippen molar-refractivity contribution in [1.82, 2.24) is 5.32 Å². The molecule has 15 heavy (non-hydrogen) atoms. The largest absolute Gasteiger partial charge is 0.394 e. The van der Waals surface area contributed by atoms with Gasteiger partial charge in [-0.1, -0.05) is 18.2 Å². The molecule has 0 unspecified atom stereocenters. The maximum absolute atomic E-state index is 9.21. The van der Waals surface area contributed by atoms with E-state index in [1.54, 1.807) is 0 Å². The van der Waals surface area contributed by atoms with E-state index in [9.17, 15) is 5.11 Å². The van der Waals surface area contributed by atoms with Gasteiger partial charge in [0, 0.05) is 12.1 Å². The van der Waals surface area contributed by atoms with Crippen LogP contribution in [0.3, 0.4) is 0 Å². The van der Waals surface area contributed by atoms with Crippen molar-refractivity contribution in [2.24, 2.45) is 0 Å². The Morgan fingerprint density at radius 1 is 1.27 bits per heavy atom. The molecular weight excluding hydrogens is 186 g/mol. The van der Waals surface area contributed by atoms with Crippen LogP contribution in [-0.2, 0) is 6.54 Å². The first kappa shape index (κ1) is 10.7. The summed E-state index contributed by atoms with van der Waals surface area (Å²) < 4.78 is 0. The highest BCUT2D eigenvalue weighted by atomic mass is 16.3. The van der Waals surface area contributed by atoms with Gasteiger partial charge in [-0.25, -0.2) is 0 Å². The zero-order valence-electron chi connectivity index (χ0n) is 9.51. The highest BCUT2D eigenvalue weighted by molar-refractivity contribution is 5.33. The summed E-state index contributed by atoms with van der Waals surface area (Å²) >= 11 is 0. The van der Waals surface area contributed by atoms with Gasteiger partial charge in [-0.3, -0.25) is 0 Å². The quantitative estimate of drug-likeness (QED) is 0.787. The van der Waals surface area contributed by atoms with Gasteiger partial charge in [0.2, 0.25) is 0 Å². The van der Waals surface area contributed by atoms with Crippen LogP contribution in [0.1, 0.15) is 29.5 Å². The van der Waals surface area contributed by atoms with Crippen molar-refractivity contribution < 1.29 is 5.11 Å². The van der Waals surface area contributed by atoms with Gasteiger partial charge in [-0.15, -0.1) is 0 Å². The van der Waals surface area contributed by atoms with Crippen LogP contribution in [0.5, 0.6) is 0 Å². The molecule has 1 aliphatic carbocycles. The molecule has 0 heterocycles. The Balaban J connectivity index is 2.05. The number of hydrogen-bond acceptors (Lipinski definition) is 2. The van der Waals surface area contributed by atoms with E-state index in [2.05, 4.69) is 37.4 Å². The summed E-state index contributed by atoms with van der Waals surface area (Å²) in [6, 6.07) is 6.37. The summed E-state index contributed by atoms with van der Waals surface area (Å²) in [5.41, 5.74) is 4.07. The van der Waals surface area contributed by atoms with E-state index in [1.165, 1.54) is 16.7 Å². The van der Waals surface area contributed by atoms with Crippen molar-refractivity contribution in [2.45, 2.75) is 38.8 Å². The Kier molecular flexibility index (Phi) is 2.81. The topological polar surface area (TPSA) is 32.3 Å². The highest BCUT2D eigenvalue weighted by Gasteiger charge is 2.41. The molecule has 2 heteroatoms. The molecule has 1 aromatic carbocycles. The molecule has 0 saturated heterocycles. The molecule has 0 radical (unpaired) electrons. The molecule has 0 bridgehead atoms. The van der Waals surface area contributed by atoms with Crippen LogP contribution in [-0.4, -0.2) is 17.3 Å². The standard InChI is InChI=1S/C13H19NO/c1-10-4-3-5-11(2)12(10)8-14-13(9-15)6-7-13/h3-5,14-15H,6-9H2,1-2H3.